The van der Waals surface area contributed by atoms with E-state index in [1.165, 1.54) is 73.8 Å². The average Bonchev–Trinajstić information content (AvgIpc) is 3.35. The number of hydrogen-bond acceptors (Lipinski definition) is 12. The fraction of sp³-hybridized carbons (Fsp3) is 0.0943. The van der Waals surface area contributed by atoms with Gasteiger partial charge in [0.05, 0.1) is 29.6 Å². The van der Waals surface area contributed by atoms with Gasteiger partial charge in [0.1, 0.15) is 45.1 Å². The van der Waals surface area contributed by atoms with E-state index in [-0.39, 0.29) is 72.5 Å². The minimum absolute atomic E-state index is 0.0247. The smallest absolute Gasteiger partial charge is 0.411 e. The van der Waals surface area contributed by atoms with Gasteiger partial charge in [-0.3, -0.25) is 14.1 Å². The van der Waals surface area contributed by atoms with Gasteiger partial charge >= 0.3 is 12.4 Å². The number of benzene rings is 8. The summed E-state index contributed by atoms with van der Waals surface area (Å²) in [5.41, 5.74) is -5.28. The van der Waals surface area contributed by atoms with E-state index < -0.39 is 49.7 Å². The lowest BCUT2D eigenvalue weighted by molar-refractivity contribution is -0.432. The van der Waals surface area contributed by atoms with Crippen LogP contribution in [0.1, 0.15) is 48.5 Å². The zero-order chi connectivity index (χ0) is 52.3. The number of rotatable bonds is 17. The summed E-state index contributed by atoms with van der Waals surface area (Å²) in [5.74, 6) is 0.294. The predicted molar refractivity (Wildman–Crippen MR) is 254 cm³/mol. The Morgan fingerprint density at radius 1 is 0.548 bits per heavy atom. The Hall–Kier alpha value is -7.72. The SMILES string of the molecule is COc1ccc(C(c2ccc(Oc3ccc(C(=O)c4ccc(Oc5cccc(Oc6cccc(C)c6C(=O)c6ccc7c(S(=O)(=O)O)cccc7c6SOOO)c5)cc4)cc3)cc2)(C(F)(F)F)C(F)(F)F)cc1. The lowest BCUT2D eigenvalue weighted by Gasteiger charge is -2.38. The maximum absolute atomic E-state index is 14.6. The van der Waals surface area contributed by atoms with Crippen molar-refractivity contribution in [2.45, 2.75) is 34.5 Å². The molecule has 374 valence electrons. The highest BCUT2D eigenvalue weighted by Crippen LogP contribution is 2.56. The zero-order valence-corrected chi connectivity index (χ0v) is 39.4. The molecule has 8 aromatic carbocycles. The minimum atomic E-state index is -5.78. The Bertz CT molecular complexity index is 3430. The Morgan fingerprint density at radius 2 is 1.04 bits per heavy atom. The van der Waals surface area contributed by atoms with Gasteiger partial charge in [0.25, 0.3) is 10.1 Å². The molecule has 12 nitrogen and oxygen atoms in total. The van der Waals surface area contributed by atoms with E-state index >= 15 is 0 Å². The van der Waals surface area contributed by atoms with Crippen LogP contribution in [-0.2, 0) is 24.9 Å². The first kappa shape index (κ1) is 51.6. The maximum atomic E-state index is 14.6. The molecule has 0 fully saturated rings. The summed E-state index contributed by atoms with van der Waals surface area (Å²) in [6.07, 6.45) is -11.6. The normalized spacial score (nSPS) is 12.1. The molecule has 0 spiro atoms. The molecule has 8 aromatic rings. The number of aryl methyl sites for hydroxylation is 1. The van der Waals surface area contributed by atoms with Crippen molar-refractivity contribution < 1.29 is 82.5 Å². The van der Waals surface area contributed by atoms with Crippen molar-refractivity contribution in [2.75, 3.05) is 7.11 Å². The first-order valence-corrected chi connectivity index (χ1v) is 23.5. The number of carbonyl (C=O) groups excluding carboxylic acids is 2. The number of carbonyl (C=O) groups is 2. The summed E-state index contributed by atoms with van der Waals surface area (Å²) >= 11 is 0.442. The molecule has 0 bridgehead atoms. The molecular formula is C53H36F6O12S2. The third kappa shape index (κ3) is 10.6. The molecule has 0 aliphatic carbocycles. The molecule has 0 aliphatic heterocycles. The number of ketones is 2. The standard InChI is InChI=1S/C53H36F6O12S2/c1-31-6-3-10-45(47(31)49(61)44-29-28-42-43(50(44)72-71-70-62)9-5-11-46(42)73(63,64)65)69-41-8-4-7-40(30-41)68-38-22-14-33(15-23-38)48(60)32-12-20-37(21-13-32)67-39-26-18-35(19-27-39)51(52(54,55)56,53(57,58)59)34-16-24-36(66-2)25-17-34/h3-30,62H,1-2H3,(H,63,64,65). The summed E-state index contributed by atoms with van der Waals surface area (Å²) < 4.78 is 149. The number of alkyl halides is 6. The van der Waals surface area contributed by atoms with Crippen LogP contribution in [0.15, 0.2) is 180 Å². The van der Waals surface area contributed by atoms with Gasteiger partial charge in [-0.15, -0.1) is 4.33 Å². The number of ether oxygens (including phenoxy) is 4. The fourth-order valence-electron chi connectivity index (χ4n) is 8.11. The highest BCUT2D eigenvalue weighted by Gasteiger charge is 2.72. The zero-order valence-electron chi connectivity index (χ0n) is 37.7. The summed E-state index contributed by atoms with van der Waals surface area (Å²) in [6, 6.07) is 37.0. The Morgan fingerprint density at radius 3 is 1.56 bits per heavy atom. The van der Waals surface area contributed by atoms with Gasteiger partial charge in [0.2, 0.25) is 5.41 Å². The van der Waals surface area contributed by atoms with Crippen molar-refractivity contribution in [2.24, 2.45) is 0 Å². The van der Waals surface area contributed by atoms with Crippen molar-refractivity contribution in [3.63, 3.8) is 0 Å². The van der Waals surface area contributed by atoms with E-state index in [0.29, 0.717) is 41.2 Å². The molecule has 0 radical (unpaired) electrons. The summed E-state index contributed by atoms with van der Waals surface area (Å²) in [7, 11) is -3.43. The highest BCUT2D eigenvalue weighted by molar-refractivity contribution is 7.95. The summed E-state index contributed by atoms with van der Waals surface area (Å²) in [5, 5.41) is 13.0. The van der Waals surface area contributed by atoms with E-state index in [2.05, 4.69) is 9.37 Å². The first-order chi connectivity index (χ1) is 34.7. The van der Waals surface area contributed by atoms with Crippen LogP contribution in [0.2, 0.25) is 0 Å². The molecule has 0 saturated carbocycles. The van der Waals surface area contributed by atoms with E-state index in [4.69, 9.17) is 24.2 Å². The van der Waals surface area contributed by atoms with Gasteiger partial charge < -0.3 is 18.9 Å². The lowest BCUT2D eigenvalue weighted by Crippen LogP contribution is -2.54. The van der Waals surface area contributed by atoms with Gasteiger partial charge in [0, 0.05) is 28.1 Å². The topological polar surface area (TPSA) is 164 Å². The molecule has 0 aliphatic rings. The van der Waals surface area contributed by atoms with E-state index in [9.17, 15) is 48.9 Å². The number of fused-ring (bicyclic) bond motifs is 1. The quantitative estimate of drug-likeness (QED) is 0.0221. The molecule has 20 heteroatoms. The van der Waals surface area contributed by atoms with Crippen LogP contribution < -0.4 is 18.9 Å². The second-order valence-electron chi connectivity index (χ2n) is 15.9. The molecule has 73 heavy (non-hydrogen) atoms. The molecule has 2 N–H and O–H groups in total. The molecular weight excluding hydrogens is 1010 g/mol. The van der Waals surface area contributed by atoms with Gasteiger partial charge in [-0.05, 0) is 132 Å². The van der Waals surface area contributed by atoms with Gasteiger partial charge in [-0.25, -0.2) is 5.26 Å². The number of hydrogen-bond donors (Lipinski definition) is 2. The first-order valence-electron chi connectivity index (χ1n) is 21.3. The van der Waals surface area contributed by atoms with Gasteiger partial charge in [0.15, 0.2) is 11.6 Å². The average molecular weight is 1040 g/mol. The molecule has 0 unspecified atom stereocenters. The number of methoxy groups -OCH3 is 1. The van der Waals surface area contributed by atoms with Crippen molar-refractivity contribution in [1.82, 2.24) is 0 Å². The van der Waals surface area contributed by atoms with E-state index in [0.717, 1.165) is 36.4 Å². The largest absolute Gasteiger partial charge is 0.497 e. The Kier molecular flexibility index (Phi) is 14.7. The van der Waals surface area contributed by atoms with Gasteiger partial charge in [-0.2, -0.15) is 34.8 Å². The van der Waals surface area contributed by atoms with Crippen LogP contribution in [0.3, 0.4) is 0 Å². The van der Waals surface area contributed by atoms with Crippen LogP contribution in [-0.4, -0.2) is 49.3 Å². The van der Waals surface area contributed by atoms with Gasteiger partial charge in [-0.1, -0.05) is 65.7 Å². The predicted octanol–water partition coefficient (Wildman–Crippen LogP) is 14.1. The Balaban J connectivity index is 0.945. The van der Waals surface area contributed by atoms with Crippen molar-refractivity contribution in [3.8, 4) is 40.2 Å². The van der Waals surface area contributed by atoms with Crippen molar-refractivity contribution >= 4 is 44.5 Å². The molecule has 0 saturated heterocycles. The van der Waals surface area contributed by atoms with Crippen LogP contribution in [0, 0.1) is 6.92 Å². The lowest BCUT2D eigenvalue weighted by atomic mass is 9.73. The van der Waals surface area contributed by atoms with Crippen LogP contribution in [0.5, 0.6) is 40.2 Å². The molecule has 8 rings (SSSR count). The van der Waals surface area contributed by atoms with Crippen LogP contribution >= 0.6 is 12.0 Å². The molecule has 0 atom stereocenters. The summed E-state index contributed by atoms with van der Waals surface area (Å²) in [4.78, 5) is 27.4. The number of halogens is 6. The molecule has 0 heterocycles. The van der Waals surface area contributed by atoms with Crippen molar-refractivity contribution in [3.05, 3.63) is 209 Å². The van der Waals surface area contributed by atoms with E-state index in [1.54, 1.807) is 61.5 Å². The third-order valence-corrected chi connectivity index (χ3v) is 13.1. The van der Waals surface area contributed by atoms with Crippen molar-refractivity contribution in [1.29, 1.82) is 0 Å². The highest BCUT2D eigenvalue weighted by atomic mass is 32.2. The second-order valence-corrected chi connectivity index (χ2v) is 18.0. The molecule has 0 aromatic heterocycles. The molecule has 0 amide bonds. The monoisotopic (exact) mass is 1040 g/mol. The van der Waals surface area contributed by atoms with Crippen LogP contribution in [0.4, 0.5) is 26.3 Å². The Labute approximate surface area is 416 Å². The maximum Gasteiger partial charge on any atom is 0.411 e. The summed E-state index contributed by atoms with van der Waals surface area (Å²) in [6.45, 7) is 1.69. The van der Waals surface area contributed by atoms with E-state index in [1.807, 2.05) is 0 Å². The third-order valence-electron chi connectivity index (χ3n) is 11.5. The fourth-order valence-corrected chi connectivity index (χ4v) is 9.43. The van der Waals surface area contributed by atoms with Crippen LogP contribution in [0.25, 0.3) is 10.8 Å². The second kappa shape index (κ2) is 20.8. The minimum Gasteiger partial charge on any atom is -0.497 e.